The zero-order chi connectivity index (χ0) is 66.3. The van der Waals surface area contributed by atoms with Crippen LogP contribution in [-0.2, 0) is 27.1 Å². The van der Waals surface area contributed by atoms with E-state index in [1.807, 2.05) is 0 Å². The van der Waals surface area contributed by atoms with Gasteiger partial charge < -0.3 is 9.47 Å². The minimum absolute atomic E-state index is 0.0846. The molecule has 0 aliphatic carbocycles. The normalized spacial score (nSPS) is 13.2. The third-order valence-corrected chi connectivity index (χ3v) is 20.5. The molecule has 0 amide bonds. The molecule has 15 rings (SSSR count). The molecule has 1 aromatic heterocycles. The van der Waals surface area contributed by atoms with Crippen molar-refractivity contribution in [2.45, 2.75) is 131 Å². The highest BCUT2D eigenvalue weighted by molar-refractivity contribution is 7.00. The summed E-state index contributed by atoms with van der Waals surface area (Å²) in [4.78, 5) is 2.72. The maximum atomic E-state index is 2.72. The van der Waals surface area contributed by atoms with Gasteiger partial charge in [0.15, 0.2) is 0 Å². The van der Waals surface area contributed by atoms with Crippen molar-refractivity contribution >= 4 is 83.5 Å². The van der Waals surface area contributed by atoms with Gasteiger partial charge in [-0.25, -0.2) is 0 Å². The lowest BCUT2D eigenvalue weighted by Crippen LogP contribution is -2.60. The maximum absolute atomic E-state index is 2.72. The summed E-state index contributed by atoms with van der Waals surface area (Å²) in [5.74, 6) is 0. The molecular formula is C92H87BN2. The van der Waals surface area contributed by atoms with E-state index in [1.54, 1.807) is 0 Å². The predicted molar refractivity (Wildman–Crippen MR) is 413 cm³/mol. The number of fused-ring (bicyclic) bond motifs is 11. The molecule has 13 aromatic rings. The molecule has 3 heteroatoms. The smallest absolute Gasteiger partial charge is 0.252 e. The topological polar surface area (TPSA) is 8.17 Å². The third kappa shape index (κ3) is 10.8. The number of hydrogen-bond acceptors (Lipinski definition) is 1. The van der Waals surface area contributed by atoms with Gasteiger partial charge in [-0.05, 0) is 168 Å². The Morgan fingerprint density at radius 1 is 0.253 bits per heavy atom. The van der Waals surface area contributed by atoms with E-state index in [9.17, 15) is 0 Å². The summed E-state index contributed by atoms with van der Waals surface area (Å²) in [6.45, 7) is 35.1. The third-order valence-electron chi connectivity index (χ3n) is 20.5. The zero-order valence-electron chi connectivity index (χ0n) is 58.2. The van der Waals surface area contributed by atoms with Crippen LogP contribution in [0.25, 0.3) is 105 Å². The zero-order valence-corrected chi connectivity index (χ0v) is 58.2. The number of anilines is 3. The molecule has 0 spiro atoms. The lowest BCUT2D eigenvalue weighted by molar-refractivity contribution is 0.568. The lowest BCUT2D eigenvalue weighted by Gasteiger charge is -2.43. The Hall–Kier alpha value is -9.70. The molecule has 0 saturated heterocycles. The average Bonchev–Trinajstić information content (AvgIpc) is 1.40. The quantitative estimate of drug-likeness (QED) is 0.151. The highest BCUT2D eigenvalue weighted by atomic mass is 15.2. The van der Waals surface area contributed by atoms with Crippen molar-refractivity contribution in [3.05, 3.63) is 283 Å². The van der Waals surface area contributed by atoms with Gasteiger partial charge in [0.05, 0.1) is 11.2 Å². The van der Waals surface area contributed by atoms with Gasteiger partial charge in [0, 0.05) is 44.5 Å². The van der Waals surface area contributed by atoms with Crippen LogP contribution in [0.2, 0.25) is 0 Å². The van der Waals surface area contributed by atoms with Crippen molar-refractivity contribution in [2.24, 2.45) is 0 Å². The van der Waals surface area contributed by atoms with Crippen LogP contribution in [0.4, 0.5) is 17.1 Å². The van der Waals surface area contributed by atoms with Crippen molar-refractivity contribution < 1.29 is 0 Å². The average molecular weight is 1230 g/mol. The van der Waals surface area contributed by atoms with Crippen molar-refractivity contribution in [1.82, 2.24) is 4.57 Å². The molecule has 2 nitrogen and oxygen atoms in total. The molecule has 2 aliphatic rings. The number of para-hydroxylation sites is 2. The van der Waals surface area contributed by atoms with Crippen LogP contribution >= 0.6 is 0 Å². The summed E-state index contributed by atoms with van der Waals surface area (Å²) in [7, 11) is 0. The van der Waals surface area contributed by atoms with Gasteiger partial charge in [-0.1, -0.05) is 328 Å². The minimum atomic E-state index is -0.231. The van der Waals surface area contributed by atoms with E-state index in [1.165, 1.54) is 121 Å². The highest BCUT2D eigenvalue weighted by Gasteiger charge is 2.44. The second kappa shape index (κ2) is 22.5. The van der Waals surface area contributed by atoms with E-state index in [4.69, 9.17) is 0 Å². The van der Waals surface area contributed by atoms with Gasteiger partial charge in [-0.2, -0.15) is 0 Å². The summed E-state index contributed by atoms with van der Waals surface area (Å²) >= 11 is 0. The molecule has 12 aromatic carbocycles. The number of benzene rings is 12. The Kier molecular flexibility index (Phi) is 14.6. The van der Waals surface area contributed by atoms with Gasteiger partial charge in [-0.15, -0.1) is 0 Å². The largest absolute Gasteiger partial charge is 0.310 e. The molecule has 0 radical (unpaired) electrons. The molecule has 0 N–H and O–H groups in total. The standard InChI is InChI=1S/C92H87BN2/c1-88(2,3)66-35-28-34-60(46-66)65-54-83-85-84(55-65)95(86-71(58-30-18-16-19-31-58)41-29-42-72(86)59-32-20-17-21-33-59)82-53-61(62-47-67(89(4,5)6)56-68(48-62)90(7,8)9)44-45-79(82)93(85)80-52-64(63-49-69(91(10,11)12)57-70(50-63)92(13,14)15)51-78-76-39-25-23-37-74(76)73-36-22-24-38-75(73)77-40-26-27-43-81(77)94(83)87(78)80/h16-57H,1-15H3. The molecule has 0 fully saturated rings. The summed E-state index contributed by atoms with van der Waals surface area (Å²) in [5.41, 5.74) is 28.8. The molecule has 2 aliphatic heterocycles. The van der Waals surface area contributed by atoms with Crippen LogP contribution in [0.5, 0.6) is 0 Å². The molecule has 468 valence electrons. The molecule has 0 bridgehead atoms. The second-order valence-electron chi connectivity index (χ2n) is 32.2. The molecule has 0 saturated carbocycles. The Labute approximate surface area is 564 Å². The van der Waals surface area contributed by atoms with Crippen LogP contribution in [-0.4, -0.2) is 11.3 Å². The number of aromatic nitrogens is 1. The Bertz CT molecular complexity index is 5190. The Balaban J connectivity index is 1.21. The van der Waals surface area contributed by atoms with E-state index in [0.717, 1.165) is 44.7 Å². The van der Waals surface area contributed by atoms with Crippen LogP contribution in [0, 0.1) is 0 Å². The molecular weight excluding hydrogens is 1140 g/mol. The van der Waals surface area contributed by atoms with Crippen molar-refractivity contribution in [1.29, 1.82) is 0 Å². The van der Waals surface area contributed by atoms with Crippen molar-refractivity contribution in [3.63, 3.8) is 0 Å². The monoisotopic (exact) mass is 1230 g/mol. The fraction of sp³-hybridized carbons (Fsp3) is 0.217. The molecule has 0 unspecified atom stereocenters. The van der Waals surface area contributed by atoms with Gasteiger partial charge in [-0.3, -0.25) is 0 Å². The van der Waals surface area contributed by atoms with Gasteiger partial charge in [0.25, 0.3) is 6.71 Å². The Morgan fingerprint density at radius 2 is 0.642 bits per heavy atom. The number of nitrogens with zero attached hydrogens (tertiary/aromatic N) is 2. The summed E-state index contributed by atoms with van der Waals surface area (Å²) in [6.07, 6.45) is 0. The van der Waals surface area contributed by atoms with Crippen LogP contribution in [0.1, 0.15) is 132 Å². The molecule has 95 heavy (non-hydrogen) atoms. The first-order valence-electron chi connectivity index (χ1n) is 34.3. The first kappa shape index (κ1) is 61.5. The fourth-order valence-electron chi connectivity index (χ4n) is 15.1. The van der Waals surface area contributed by atoms with Gasteiger partial charge >= 0.3 is 0 Å². The van der Waals surface area contributed by atoms with E-state index in [2.05, 4.69) is 368 Å². The minimum Gasteiger partial charge on any atom is -0.310 e. The summed E-state index contributed by atoms with van der Waals surface area (Å²) in [6, 6.07) is 99.0. The summed E-state index contributed by atoms with van der Waals surface area (Å²) in [5, 5.41) is 7.25. The SMILES string of the molecule is CC(C)(C)c1cccc(-c2cc3c4c(c2)-n2c5ccccc5c5ccccc5c5ccccc5c5cc(-c6cc(C(C)(C)C)cc(C(C)(C)C)c6)cc(c52)B4c2ccc(-c4cc(C(C)(C)C)cc(C(C)(C)C)c4)cc2N3c2c(-c3ccccc3)cccc2-c2ccccc2)c1. The van der Waals surface area contributed by atoms with Gasteiger partial charge in [0.1, 0.15) is 0 Å². The Morgan fingerprint density at radius 3 is 1.17 bits per heavy atom. The van der Waals surface area contributed by atoms with E-state index in [-0.39, 0.29) is 33.8 Å². The van der Waals surface area contributed by atoms with Gasteiger partial charge in [0.2, 0.25) is 0 Å². The molecule has 3 heterocycles. The van der Waals surface area contributed by atoms with Crippen molar-refractivity contribution in [3.8, 4) is 61.3 Å². The maximum Gasteiger partial charge on any atom is 0.252 e. The van der Waals surface area contributed by atoms with E-state index >= 15 is 0 Å². The lowest BCUT2D eigenvalue weighted by atomic mass is 9.33. The summed E-state index contributed by atoms with van der Waals surface area (Å²) < 4.78 is 2.71. The van der Waals surface area contributed by atoms with E-state index < -0.39 is 0 Å². The van der Waals surface area contributed by atoms with Crippen LogP contribution < -0.4 is 21.3 Å². The fourth-order valence-corrected chi connectivity index (χ4v) is 15.1. The highest BCUT2D eigenvalue weighted by Crippen LogP contribution is 2.51. The number of hydrogen-bond donors (Lipinski definition) is 0. The predicted octanol–water partition coefficient (Wildman–Crippen LogP) is 23.6. The van der Waals surface area contributed by atoms with Crippen molar-refractivity contribution in [2.75, 3.05) is 4.90 Å². The second-order valence-corrected chi connectivity index (χ2v) is 32.2. The first-order chi connectivity index (χ1) is 45.3. The van der Waals surface area contributed by atoms with E-state index in [0.29, 0.717) is 0 Å². The first-order valence-corrected chi connectivity index (χ1v) is 34.3. The van der Waals surface area contributed by atoms with Crippen LogP contribution in [0.3, 0.4) is 0 Å². The number of rotatable bonds is 6. The van der Waals surface area contributed by atoms with Crippen LogP contribution in [0.15, 0.2) is 255 Å². The molecule has 0 atom stereocenters.